The minimum atomic E-state index is 0.160. The van der Waals surface area contributed by atoms with Gasteiger partial charge in [-0.1, -0.05) is 20.8 Å². The van der Waals surface area contributed by atoms with E-state index in [-0.39, 0.29) is 6.04 Å². The fraction of sp³-hybridized carbons (Fsp3) is 0.688. The summed E-state index contributed by atoms with van der Waals surface area (Å²) in [5.41, 5.74) is 8.04. The molecule has 1 aromatic heterocycles. The van der Waals surface area contributed by atoms with Crippen molar-refractivity contribution in [2.75, 3.05) is 6.61 Å². The van der Waals surface area contributed by atoms with Crippen LogP contribution in [-0.2, 0) is 6.42 Å². The first-order valence-electron chi connectivity index (χ1n) is 7.37. The summed E-state index contributed by atoms with van der Waals surface area (Å²) < 4.78 is 5.87. The van der Waals surface area contributed by atoms with Gasteiger partial charge in [0.15, 0.2) is 0 Å². The van der Waals surface area contributed by atoms with E-state index in [1.807, 2.05) is 19.1 Å². The molecule has 1 unspecified atom stereocenters. The molecule has 0 aliphatic rings. The lowest BCUT2D eigenvalue weighted by Gasteiger charge is -2.14. The molecule has 3 nitrogen and oxygen atoms in total. The third kappa shape index (κ3) is 6.06. The van der Waals surface area contributed by atoms with Gasteiger partial charge >= 0.3 is 0 Å². The quantitative estimate of drug-likeness (QED) is 0.731. The third-order valence-electron chi connectivity index (χ3n) is 3.23. The Balaban J connectivity index is 2.60. The molecule has 3 heteroatoms. The maximum absolute atomic E-state index is 6.02. The zero-order valence-corrected chi connectivity index (χ0v) is 12.8. The molecule has 0 spiro atoms. The van der Waals surface area contributed by atoms with Gasteiger partial charge < -0.3 is 10.5 Å². The van der Waals surface area contributed by atoms with Crippen LogP contribution in [0.1, 0.15) is 51.4 Å². The van der Waals surface area contributed by atoms with Gasteiger partial charge in [0.1, 0.15) is 5.75 Å². The van der Waals surface area contributed by atoms with Crippen LogP contribution in [0.2, 0.25) is 0 Å². The van der Waals surface area contributed by atoms with Gasteiger partial charge in [0.25, 0.3) is 0 Å². The van der Waals surface area contributed by atoms with E-state index in [0.29, 0.717) is 0 Å². The first-order chi connectivity index (χ1) is 9.02. The number of nitrogens with two attached hydrogens (primary N) is 1. The third-order valence-corrected chi connectivity index (χ3v) is 3.23. The zero-order valence-electron chi connectivity index (χ0n) is 12.8. The zero-order chi connectivity index (χ0) is 14.3. The minimum Gasteiger partial charge on any atom is -0.492 e. The lowest BCUT2D eigenvalue weighted by Crippen LogP contribution is -2.22. The van der Waals surface area contributed by atoms with E-state index in [1.165, 1.54) is 6.42 Å². The van der Waals surface area contributed by atoms with Crippen molar-refractivity contribution in [1.82, 2.24) is 4.98 Å². The van der Waals surface area contributed by atoms with Gasteiger partial charge in [0.05, 0.1) is 12.3 Å². The molecule has 1 atom stereocenters. The molecule has 19 heavy (non-hydrogen) atoms. The summed E-state index contributed by atoms with van der Waals surface area (Å²) in [6.45, 7) is 9.34. The van der Waals surface area contributed by atoms with Crippen LogP contribution in [0.3, 0.4) is 0 Å². The second-order valence-corrected chi connectivity index (χ2v) is 5.65. The molecule has 0 aromatic carbocycles. The minimum absolute atomic E-state index is 0.160. The Morgan fingerprint density at radius 1 is 1.32 bits per heavy atom. The second kappa shape index (κ2) is 8.16. The Labute approximate surface area is 117 Å². The van der Waals surface area contributed by atoms with Crippen LogP contribution in [0.5, 0.6) is 5.75 Å². The van der Waals surface area contributed by atoms with Crippen molar-refractivity contribution in [2.24, 2.45) is 11.7 Å². The molecule has 2 N–H and O–H groups in total. The van der Waals surface area contributed by atoms with Crippen LogP contribution in [0.4, 0.5) is 0 Å². The Bertz CT molecular complexity index is 377. The first kappa shape index (κ1) is 16.0. The lowest BCUT2D eigenvalue weighted by atomic mass is 10.1. The van der Waals surface area contributed by atoms with Crippen molar-refractivity contribution in [3.63, 3.8) is 0 Å². The first-order valence-corrected chi connectivity index (χ1v) is 7.37. The average molecular weight is 264 g/mol. The van der Waals surface area contributed by atoms with Crippen LogP contribution < -0.4 is 10.5 Å². The fourth-order valence-electron chi connectivity index (χ4n) is 1.94. The molecule has 1 rings (SSSR count). The summed E-state index contributed by atoms with van der Waals surface area (Å²) in [4.78, 5) is 4.57. The van der Waals surface area contributed by atoms with Gasteiger partial charge in [-0.3, -0.25) is 4.98 Å². The summed E-state index contributed by atoms with van der Waals surface area (Å²) in [5.74, 6) is 1.63. The predicted molar refractivity (Wildman–Crippen MR) is 80.5 cm³/mol. The molecule has 0 saturated heterocycles. The largest absolute Gasteiger partial charge is 0.492 e. The molecule has 0 radical (unpaired) electrons. The number of nitrogens with zero attached hydrogens (tertiary/aromatic N) is 1. The summed E-state index contributed by atoms with van der Waals surface area (Å²) in [7, 11) is 0. The monoisotopic (exact) mass is 264 g/mol. The van der Waals surface area contributed by atoms with Crippen LogP contribution in [-0.4, -0.2) is 17.6 Å². The molecule has 108 valence electrons. The van der Waals surface area contributed by atoms with Crippen molar-refractivity contribution in [3.05, 3.63) is 23.5 Å². The molecular formula is C16H28N2O. The van der Waals surface area contributed by atoms with E-state index >= 15 is 0 Å². The van der Waals surface area contributed by atoms with Crippen molar-refractivity contribution < 1.29 is 4.74 Å². The number of pyridine rings is 1. The molecule has 0 amide bonds. The summed E-state index contributed by atoms with van der Waals surface area (Å²) in [5, 5.41) is 0. The Hall–Kier alpha value is -1.09. The highest BCUT2D eigenvalue weighted by Crippen LogP contribution is 2.19. The van der Waals surface area contributed by atoms with Crippen LogP contribution in [0.15, 0.2) is 12.1 Å². The number of hydrogen-bond acceptors (Lipinski definition) is 3. The van der Waals surface area contributed by atoms with E-state index in [2.05, 4.69) is 25.8 Å². The molecular weight excluding hydrogens is 236 g/mol. The molecule has 0 bridgehead atoms. The fourth-order valence-corrected chi connectivity index (χ4v) is 1.94. The summed E-state index contributed by atoms with van der Waals surface area (Å²) >= 11 is 0. The number of aryl methyl sites for hydroxylation is 1. The van der Waals surface area contributed by atoms with Crippen molar-refractivity contribution in [1.29, 1.82) is 0 Å². The SMILES string of the molecule is CCC(N)Cc1nc(C)ccc1OCCCC(C)C. The van der Waals surface area contributed by atoms with Gasteiger partial charge in [-0.2, -0.15) is 0 Å². The highest BCUT2D eigenvalue weighted by molar-refractivity contribution is 5.30. The highest BCUT2D eigenvalue weighted by atomic mass is 16.5. The molecule has 0 aliphatic heterocycles. The van der Waals surface area contributed by atoms with Crippen LogP contribution in [0.25, 0.3) is 0 Å². The Morgan fingerprint density at radius 3 is 2.68 bits per heavy atom. The van der Waals surface area contributed by atoms with Gasteiger partial charge in [-0.15, -0.1) is 0 Å². The smallest absolute Gasteiger partial charge is 0.140 e. The van der Waals surface area contributed by atoms with Crippen LogP contribution >= 0.6 is 0 Å². The van der Waals surface area contributed by atoms with Crippen molar-refractivity contribution >= 4 is 0 Å². The maximum Gasteiger partial charge on any atom is 0.140 e. The molecule has 1 aromatic rings. The van der Waals surface area contributed by atoms with E-state index in [9.17, 15) is 0 Å². The molecule has 0 saturated carbocycles. The lowest BCUT2D eigenvalue weighted by molar-refractivity contribution is 0.292. The molecule has 0 aliphatic carbocycles. The number of ether oxygens (including phenoxy) is 1. The molecule has 1 heterocycles. The second-order valence-electron chi connectivity index (χ2n) is 5.65. The topological polar surface area (TPSA) is 48.1 Å². The van der Waals surface area contributed by atoms with E-state index < -0.39 is 0 Å². The summed E-state index contributed by atoms with van der Waals surface area (Å²) in [6.07, 6.45) is 4.04. The van der Waals surface area contributed by atoms with E-state index in [4.69, 9.17) is 10.5 Å². The predicted octanol–water partition coefficient (Wildman–Crippen LogP) is 3.48. The molecule has 0 fully saturated rings. The number of rotatable bonds is 8. The van der Waals surface area contributed by atoms with Gasteiger partial charge in [-0.05, 0) is 44.2 Å². The van der Waals surface area contributed by atoms with Gasteiger partial charge in [0, 0.05) is 18.2 Å². The average Bonchev–Trinajstić information content (AvgIpc) is 2.36. The van der Waals surface area contributed by atoms with E-state index in [0.717, 1.165) is 48.9 Å². The standard InChI is InChI=1S/C16H28N2O/c1-5-14(17)11-15-16(9-8-13(4)18-15)19-10-6-7-12(2)3/h8-9,12,14H,5-7,10-11,17H2,1-4H3. The number of aromatic nitrogens is 1. The Morgan fingerprint density at radius 2 is 2.05 bits per heavy atom. The van der Waals surface area contributed by atoms with Gasteiger partial charge in [0.2, 0.25) is 0 Å². The van der Waals surface area contributed by atoms with Crippen molar-refractivity contribution in [2.45, 2.75) is 59.4 Å². The Kier molecular flexibility index (Phi) is 6.85. The van der Waals surface area contributed by atoms with Crippen LogP contribution in [0, 0.1) is 12.8 Å². The highest BCUT2D eigenvalue weighted by Gasteiger charge is 2.10. The number of hydrogen-bond donors (Lipinski definition) is 1. The summed E-state index contributed by atoms with van der Waals surface area (Å²) in [6, 6.07) is 4.18. The van der Waals surface area contributed by atoms with E-state index in [1.54, 1.807) is 0 Å². The normalized spacial score (nSPS) is 12.7. The van der Waals surface area contributed by atoms with Gasteiger partial charge in [-0.25, -0.2) is 0 Å². The van der Waals surface area contributed by atoms with Crippen molar-refractivity contribution in [3.8, 4) is 5.75 Å². The maximum atomic E-state index is 6.02.